The highest BCUT2D eigenvalue weighted by Gasteiger charge is 2.33. The van der Waals surface area contributed by atoms with Crippen molar-refractivity contribution < 1.29 is 18.3 Å². The van der Waals surface area contributed by atoms with Crippen molar-refractivity contribution in [3.8, 4) is 11.3 Å². The van der Waals surface area contributed by atoms with Crippen molar-refractivity contribution >= 4 is 10.0 Å². The molecule has 0 bridgehead atoms. The number of ether oxygens (including phenoxy) is 1. The summed E-state index contributed by atoms with van der Waals surface area (Å²) in [6.45, 7) is 0.215. The molecular formula is C25H29N3O4S. The van der Waals surface area contributed by atoms with Crippen LogP contribution < -0.4 is 5.14 Å². The first-order valence-corrected chi connectivity index (χ1v) is 13.0. The van der Waals surface area contributed by atoms with Crippen molar-refractivity contribution in [1.29, 1.82) is 0 Å². The number of nitrogens with zero attached hydrogens (tertiary/aromatic N) is 2. The maximum atomic E-state index is 11.8. The zero-order valence-corrected chi connectivity index (χ0v) is 19.2. The number of hydrogen-bond donors (Lipinski definition) is 2. The number of aliphatic hydroxyl groups excluding tert-OH is 1. The number of benzene rings is 2. The summed E-state index contributed by atoms with van der Waals surface area (Å²) in [5.41, 5.74) is 4.14. The van der Waals surface area contributed by atoms with Gasteiger partial charge in [0.15, 0.2) is 0 Å². The van der Waals surface area contributed by atoms with Crippen LogP contribution >= 0.6 is 0 Å². The second kappa shape index (κ2) is 9.02. The van der Waals surface area contributed by atoms with E-state index in [1.54, 1.807) is 18.2 Å². The Morgan fingerprint density at radius 1 is 1.09 bits per heavy atom. The summed E-state index contributed by atoms with van der Waals surface area (Å²) in [6, 6.07) is 15.1. The van der Waals surface area contributed by atoms with Crippen LogP contribution in [0, 0.1) is 5.92 Å². The smallest absolute Gasteiger partial charge is 0.238 e. The SMILES string of the molecule is NS(=O)(=O)c1ccccc1COC1CCC([C@H](O)CC2c3ccccc3-c3cncn32)CC1. The maximum absolute atomic E-state index is 11.8. The molecule has 0 saturated heterocycles. The predicted molar refractivity (Wildman–Crippen MR) is 125 cm³/mol. The fourth-order valence-corrected chi connectivity index (χ4v) is 6.10. The largest absolute Gasteiger partial charge is 0.393 e. The van der Waals surface area contributed by atoms with E-state index in [0.29, 0.717) is 12.0 Å². The molecule has 2 aromatic carbocycles. The molecule has 5 rings (SSSR count). The van der Waals surface area contributed by atoms with Gasteiger partial charge in [-0.1, -0.05) is 42.5 Å². The molecule has 0 spiro atoms. The number of aliphatic hydroxyl groups is 1. The maximum Gasteiger partial charge on any atom is 0.238 e. The Morgan fingerprint density at radius 2 is 1.82 bits per heavy atom. The molecule has 3 aromatic rings. The lowest BCUT2D eigenvalue weighted by molar-refractivity contribution is -0.0166. The Balaban J connectivity index is 1.17. The van der Waals surface area contributed by atoms with Crippen LogP contribution in [-0.4, -0.2) is 35.3 Å². The first-order chi connectivity index (χ1) is 15.9. The standard InChI is InChI=1S/C25H29N3O4S/c26-33(30,31)25-8-4-1-5-18(25)15-32-19-11-9-17(10-12-19)24(29)13-22-20-6-2-3-7-21(20)23-14-27-16-28(22)23/h1-8,14,16-17,19,22,24,29H,9-13,15H2,(H2,26,30,31)/t17?,19?,22?,24-/m1/s1. The number of fused-ring (bicyclic) bond motifs is 3. The van der Waals surface area contributed by atoms with Gasteiger partial charge in [0.2, 0.25) is 10.0 Å². The zero-order valence-electron chi connectivity index (χ0n) is 18.4. The first kappa shape index (κ1) is 22.3. The number of aromatic nitrogens is 2. The molecule has 0 radical (unpaired) electrons. The first-order valence-electron chi connectivity index (χ1n) is 11.4. The summed E-state index contributed by atoms with van der Waals surface area (Å²) in [4.78, 5) is 4.42. The van der Waals surface area contributed by atoms with Crippen molar-refractivity contribution in [3.05, 3.63) is 72.2 Å². The molecule has 2 aliphatic rings. The summed E-state index contributed by atoms with van der Waals surface area (Å²) in [5, 5.41) is 16.4. The van der Waals surface area contributed by atoms with Gasteiger partial charge in [-0.25, -0.2) is 18.5 Å². The molecule has 1 aliphatic carbocycles. The Kier molecular flexibility index (Phi) is 6.09. The third-order valence-electron chi connectivity index (χ3n) is 7.08. The topological polar surface area (TPSA) is 107 Å². The molecule has 1 unspecified atom stereocenters. The molecule has 8 heteroatoms. The normalized spacial score (nSPS) is 23.2. The van der Waals surface area contributed by atoms with Crippen molar-refractivity contribution in [3.63, 3.8) is 0 Å². The van der Waals surface area contributed by atoms with Crippen LogP contribution in [0.3, 0.4) is 0 Å². The minimum atomic E-state index is -3.78. The number of primary sulfonamides is 1. The van der Waals surface area contributed by atoms with Gasteiger partial charge in [-0.05, 0) is 55.2 Å². The third-order valence-corrected chi connectivity index (χ3v) is 8.09. The van der Waals surface area contributed by atoms with Gasteiger partial charge < -0.3 is 14.4 Å². The van der Waals surface area contributed by atoms with Gasteiger partial charge >= 0.3 is 0 Å². The number of nitrogens with two attached hydrogens (primary N) is 1. The monoisotopic (exact) mass is 467 g/mol. The zero-order chi connectivity index (χ0) is 23.0. The molecular weight excluding hydrogens is 438 g/mol. The quantitative estimate of drug-likeness (QED) is 0.552. The van der Waals surface area contributed by atoms with Gasteiger partial charge in [-0.15, -0.1) is 0 Å². The summed E-state index contributed by atoms with van der Waals surface area (Å²) in [7, 11) is -3.78. The molecule has 1 aromatic heterocycles. The van der Waals surface area contributed by atoms with Gasteiger partial charge in [0.05, 0.1) is 48.0 Å². The van der Waals surface area contributed by atoms with E-state index in [1.165, 1.54) is 17.2 Å². The second-order valence-electron chi connectivity index (χ2n) is 9.09. The molecule has 1 fully saturated rings. The molecule has 2 atom stereocenters. The van der Waals surface area contributed by atoms with Crippen LogP contribution in [0.4, 0.5) is 0 Å². The second-order valence-corrected chi connectivity index (χ2v) is 10.6. The highest BCUT2D eigenvalue weighted by Crippen LogP contribution is 2.42. The Hall–Kier alpha value is -2.52. The average Bonchev–Trinajstić information content (AvgIpc) is 3.40. The third kappa shape index (κ3) is 4.48. The Bertz CT molecular complexity index is 1230. The summed E-state index contributed by atoms with van der Waals surface area (Å²) in [6.07, 6.45) is 7.52. The van der Waals surface area contributed by atoms with Crippen LogP contribution in [0.2, 0.25) is 0 Å². The van der Waals surface area contributed by atoms with Crippen LogP contribution in [-0.2, 0) is 21.4 Å². The molecule has 174 valence electrons. The number of sulfonamides is 1. The van der Waals surface area contributed by atoms with E-state index in [-0.39, 0.29) is 29.6 Å². The van der Waals surface area contributed by atoms with E-state index in [1.807, 2.05) is 18.6 Å². The van der Waals surface area contributed by atoms with Crippen LogP contribution in [0.1, 0.15) is 49.3 Å². The van der Waals surface area contributed by atoms with Crippen LogP contribution in [0.5, 0.6) is 0 Å². The highest BCUT2D eigenvalue weighted by molar-refractivity contribution is 7.89. The molecule has 1 aliphatic heterocycles. The van der Waals surface area contributed by atoms with E-state index in [4.69, 9.17) is 9.88 Å². The highest BCUT2D eigenvalue weighted by atomic mass is 32.2. The van der Waals surface area contributed by atoms with E-state index in [0.717, 1.165) is 31.4 Å². The minimum absolute atomic E-state index is 0.0504. The van der Waals surface area contributed by atoms with Crippen molar-refractivity contribution in [2.45, 2.75) is 61.9 Å². The summed E-state index contributed by atoms with van der Waals surface area (Å²) >= 11 is 0. The Morgan fingerprint density at radius 3 is 2.61 bits per heavy atom. The molecule has 3 N–H and O–H groups in total. The van der Waals surface area contributed by atoms with Gasteiger partial charge in [0.1, 0.15) is 0 Å². The van der Waals surface area contributed by atoms with Crippen LogP contribution in [0.15, 0.2) is 66.0 Å². The Labute approximate surface area is 194 Å². The van der Waals surface area contributed by atoms with E-state index >= 15 is 0 Å². The van der Waals surface area contributed by atoms with Gasteiger partial charge in [-0.2, -0.15) is 0 Å². The molecule has 0 amide bonds. The summed E-state index contributed by atoms with van der Waals surface area (Å²) in [5.74, 6) is 0.223. The minimum Gasteiger partial charge on any atom is -0.393 e. The van der Waals surface area contributed by atoms with Crippen molar-refractivity contribution in [2.75, 3.05) is 0 Å². The number of imidazole rings is 1. The molecule has 1 saturated carbocycles. The fourth-order valence-electron chi connectivity index (χ4n) is 5.34. The lowest BCUT2D eigenvalue weighted by Crippen LogP contribution is -2.30. The molecule has 33 heavy (non-hydrogen) atoms. The van der Waals surface area contributed by atoms with E-state index in [2.05, 4.69) is 27.8 Å². The van der Waals surface area contributed by atoms with Gasteiger partial charge in [-0.3, -0.25) is 0 Å². The van der Waals surface area contributed by atoms with E-state index < -0.39 is 16.1 Å². The van der Waals surface area contributed by atoms with E-state index in [9.17, 15) is 13.5 Å². The number of rotatable bonds is 7. The fraction of sp³-hybridized carbons (Fsp3) is 0.400. The van der Waals surface area contributed by atoms with Crippen LogP contribution in [0.25, 0.3) is 11.3 Å². The van der Waals surface area contributed by atoms with Crippen molar-refractivity contribution in [1.82, 2.24) is 9.55 Å². The van der Waals surface area contributed by atoms with Crippen molar-refractivity contribution in [2.24, 2.45) is 11.1 Å². The number of hydrogen-bond acceptors (Lipinski definition) is 5. The summed E-state index contributed by atoms with van der Waals surface area (Å²) < 4.78 is 31.8. The van der Waals surface area contributed by atoms with Gasteiger partial charge in [0.25, 0.3) is 0 Å². The average molecular weight is 468 g/mol. The molecule has 7 nitrogen and oxygen atoms in total. The predicted octanol–water partition coefficient (Wildman–Crippen LogP) is 3.63. The molecule has 2 heterocycles. The lowest BCUT2D eigenvalue weighted by atomic mass is 9.81. The lowest BCUT2D eigenvalue weighted by Gasteiger charge is -2.33. The van der Waals surface area contributed by atoms with Gasteiger partial charge in [0, 0.05) is 5.56 Å².